The first-order valence-corrected chi connectivity index (χ1v) is 9.96. The Morgan fingerprint density at radius 2 is 1.63 bits per heavy atom. The summed E-state index contributed by atoms with van der Waals surface area (Å²) in [5.74, 6) is 0.748. The van der Waals surface area contributed by atoms with Crippen LogP contribution in [0.2, 0.25) is 0 Å². The summed E-state index contributed by atoms with van der Waals surface area (Å²) in [6, 6.07) is 12.6. The van der Waals surface area contributed by atoms with E-state index in [4.69, 9.17) is 4.74 Å². The Morgan fingerprint density at radius 3 is 2.22 bits per heavy atom. The van der Waals surface area contributed by atoms with E-state index in [1.165, 1.54) is 36.0 Å². The molecule has 3 rings (SSSR count). The number of hydrogen-bond acceptors (Lipinski definition) is 2. The van der Waals surface area contributed by atoms with Crippen molar-refractivity contribution in [3.8, 4) is 5.75 Å². The van der Waals surface area contributed by atoms with E-state index in [0.717, 1.165) is 29.8 Å². The number of rotatable bonds is 4. The molecule has 0 spiro atoms. The van der Waals surface area contributed by atoms with E-state index >= 15 is 0 Å². The lowest BCUT2D eigenvalue weighted by atomic mass is 9.86. The van der Waals surface area contributed by atoms with Gasteiger partial charge in [0.25, 0.3) is 0 Å². The molecule has 0 fully saturated rings. The average Bonchev–Trinajstić information content (AvgIpc) is 2.85. The van der Waals surface area contributed by atoms with Gasteiger partial charge in [-0.1, -0.05) is 51.5 Å². The van der Waals surface area contributed by atoms with E-state index in [-0.39, 0.29) is 11.3 Å². The maximum atomic E-state index is 12.6. The van der Waals surface area contributed by atoms with Crippen molar-refractivity contribution in [2.45, 2.75) is 64.7 Å². The SMILES string of the molecule is COc1cc2c(cc1NC(=O)Cc1ccc(C(C)(C)C)cc1)CCCCC2. The number of benzene rings is 2. The van der Waals surface area contributed by atoms with Crippen LogP contribution in [-0.4, -0.2) is 13.0 Å². The summed E-state index contributed by atoms with van der Waals surface area (Å²) in [6.45, 7) is 6.58. The van der Waals surface area contributed by atoms with Gasteiger partial charge < -0.3 is 10.1 Å². The van der Waals surface area contributed by atoms with Crippen molar-refractivity contribution in [2.75, 3.05) is 12.4 Å². The molecule has 2 aromatic carbocycles. The van der Waals surface area contributed by atoms with E-state index in [0.29, 0.717) is 6.42 Å². The highest BCUT2D eigenvalue weighted by Gasteiger charge is 2.16. The summed E-state index contributed by atoms with van der Waals surface area (Å²) in [5, 5.41) is 3.06. The fourth-order valence-corrected chi connectivity index (χ4v) is 3.71. The Balaban J connectivity index is 1.73. The van der Waals surface area contributed by atoms with Gasteiger partial charge in [0.15, 0.2) is 0 Å². The topological polar surface area (TPSA) is 38.3 Å². The minimum absolute atomic E-state index is 0.00891. The standard InChI is InChI=1S/C24H31NO2/c1-24(2,3)20-12-10-17(11-13-20)14-23(26)25-21-15-18-8-6-5-7-9-19(18)16-22(21)27-4/h10-13,15-16H,5-9,14H2,1-4H3,(H,25,26). The largest absolute Gasteiger partial charge is 0.495 e. The van der Waals surface area contributed by atoms with E-state index < -0.39 is 0 Å². The number of methoxy groups -OCH3 is 1. The molecule has 0 atom stereocenters. The summed E-state index contributed by atoms with van der Waals surface area (Å²) in [5.41, 5.74) is 5.91. The Kier molecular flexibility index (Phi) is 5.88. The van der Waals surface area contributed by atoms with Gasteiger partial charge in [0.2, 0.25) is 5.91 Å². The van der Waals surface area contributed by atoms with E-state index in [2.05, 4.69) is 62.5 Å². The second-order valence-corrected chi connectivity index (χ2v) is 8.55. The zero-order chi connectivity index (χ0) is 19.4. The van der Waals surface area contributed by atoms with Crippen LogP contribution in [0, 0.1) is 0 Å². The van der Waals surface area contributed by atoms with Crippen molar-refractivity contribution in [2.24, 2.45) is 0 Å². The highest BCUT2D eigenvalue weighted by Crippen LogP contribution is 2.32. The van der Waals surface area contributed by atoms with E-state index in [9.17, 15) is 4.79 Å². The number of fused-ring (bicyclic) bond motifs is 1. The third kappa shape index (κ3) is 4.91. The first-order valence-electron chi connectivity index (χ1n) is 9.96. The van der Waals surface area contributed by atoms with Crippen molar-refractivity contribution in [1.82, 2.24) is 0 Å². The van der Waals surface area contributed by atoms with Gasteiger partial charge >= 0.3 is 0 Å². The molecule has 1 amide bonds. The first kappa shape index (κ1) is 19.5. The lowest BCUT2D eigenvalue weighted by molar-refractivity contribution is -0.115. The van der Waals surface area contributed by atoms with Gasteiger partial charge in [-0.25, -0.2) is 0 Å². The van der Waals surface area contributed by atoms with Gasteiger partial charge in [0.05, 0.1) is 19.2 Å². The average molecular weight is 366 g/mol. The first-order chi connectivity index (χ1) is 12.9. The molecule has 1 aliphatic carbocycles. The minimum Gasteiger partial charge on any atom is -0.495 e. The molecule has 0 saturated carbocycles. The van der Waals surface area contributed by atoms with Crippen LogP contribution in [-0.2, 0) is 29.5 Å². The number of amides is 1. The summed E-state index contributed by atoms with van der Waals surface area (Å²) in [4.78, 5) is 12.6. The number of carbonyl (C=O) groups is 1. The van der Waals surface area contributed by atoms with Crippen molar-refractivity contribution in [1.29, 1.82) is 0 Å². The predicted molar refractivity (Wildman–Crippen MR) is 112 cm³/mol. The highest BCUT2D eigenvalue weighted by molar-refractivity contribution is 5.94. The van der Waals surface area contributed by atoms with Crippen LogP contribution in [0.1, 0.15) is 62.3 Å². The molecule has 0 aromatic heterocycles. The molecule has 3 nitrogen and oxygen atoms in total. The van der Waals surface area contributed by atoms with Crippen molar-refractivity contribution < 1.29 is 9.53 Å². The predicted octanol–water partition coefficient (Wildman–Crippen LogP) is 5.44. The molecule has 144 valence electrons. The van der Waals surface area contributed by atoms with Gasteiger partial charge in [-0.15, -0.1) is 0 Å². The smallest absolute Gasteiger partial charge is 0.228 e. The van der Waals surface area contributed by atoms with Crippen molar-refractivity contribution in [3.05, 3.63) is 58.7 Å². The van der Waals surface area contributed by atoms with Crippen LogP contribution < -0.4 is 10.1 Å². The highest BCUT2D eigenvalue weighted by atomic mass is 16.5. The van der Waals surface area contributed by atoms with Gasteiger partial charge in [-0.2, -0.15) is 0 Å². The Hall–Kier alpha value is -2.29. The Bertz CT molecular complexity index is 800. The molecule has 0 saturated heterocycles. The number of ether oxygens (including phenoxy) is 1. The third-order valence-electron chi connectivity index (χ3n) is 5.37. The van der Waals surface area contributed by atoms with Crippen LogP contribution in [0.3, 0.4) is 0 Å². The molecule has 2 aromatic rings. The van der Waals surface area contributed by atoms with Crippen molar-refractivity contribution in [3.63, 3.8) is 0 Å². The number of aryl methyl sites for hydroxylation is 2. The normalized spacial score (nSPS) is 14.2. The second-order valence-electron chi connectivity index (χ2n) is 8.55. The molecule has 0 bridgehead atoms. The second kappa shape index (κ2) is 8.16. The summed E-state index contributed by atoms with van der Waals surface area (Å²) in [7, 11) is 1.67. The fourth-order valence-electron chi connectivity index (χ4n) is 3.71. The number of carbonyl (C=O) groups excluding carboxylic acids is 1. The van der Waals surface area contributed by atoms with Gasteiger partial charge in [0.1, 0.15) is 5.75 Å². The lowest BCUT2D eigenvalue weighted by Crippen LogP contribution is -2.16. The number of hydrogen-bond donors (Lipinski definition) is 1. The summed E-state index contributed by atoms with van der Waals surface area (Å²) < 4.78 is 5.54. The molecular formula is C24H31NO2. The molecule has 1 aliphatic rings. The fraction of sp³-hybridized carbons (Fsp3) is 0.458. The zero-order valence-corrected chi connectivity index (χ0v) is 17.0. The third-order valence-corrected chi connectivity index (χ3v) is 5.37. The monoisotopic (exact) mass is 365 g/mol. The van der Waals surface area contributed by atoms with Crippen LogP contribution in [0.5, 0.6) is 5.75 Å². The molecule has 0 radical (unpaired) electrons. The molecule has 1 N–H and O–H groups in total. The maximum absolute atomic E-state index is 12.6. The van der Waals surface area contributed by atoms with Gasteiger partial charge in [0, 0.05) is 0 Å². The summed E-state index contributed by atoms with van der Waals surface area (Å²) >= 11 is 0. The zero-order valence-electron chi connectivity index (χ0n) is 17.0. The molecular weight excluding hydrogens is 334 g/mol. The molecule has 3 heteroatoms. The van der Waals surface area contributed by atoms with Gasteiger partial charge in [-0.05, 0) is 65.5 Å². The number of anilines is 1. The maximum Gasteiger partial charge on any atom is 0.228 e. The lowest BCUT2D eigenvalue weighted by Gasteiger charge is -2.19. The molecule has 0 unspecified atom stereocenters. The summed E-state index contributed by atoms with van der Waals surface area (Å²) in [6.07, 6.45) is 6.25. The van der Waals surface area contributed by atoms with Crippen LogP contribution in [0.25, 0.3) is 0 Å². The van der Waals surface area contributed by atoms with Crippen LogP contribution in [0.4, 0.5) is 5.69 Å². The molecule has 0 heterocycles. The Labute approximate surface area is 163 Å². The minimum atomic E-state index is -0.00891. The van der Waals surface area contributed by atoms with Crippen LogP contribution in [0.15, 0.2) is 36.4 Å². The van der Waals surface area contributed by atoms with Crippen LogP contribution >= 0.6 is 0 Å². The van der Waals surface area contributed by atoms with E-state index in [1.54, 1.807) is 7.11 Å². The molecule has 0 aliphatic heterocycles. The van der Waals surface area contributed by atoms with E-state index in [1.807, 2.05) is 0 Å². The Morgan fingerprint density at radius 1 is 1.00 bits per heavy atom. The number of nitrogens with one attached hydrogen (secondary N) is 1. The van der Waals surface area contributed by atoms with Crippen molar-refractivity contribution >= 4 is 11.6 Å². The molecule has 27 heavy (non-hydrogen) atoms. The van der Waals surface area contributed by atoms with Gasteiger partial charge in [-0.3, -0.25) is 4.79 Å². The quantitative estimate of drug-likeness (QED) is 0.732.